The molecule has 0 spiro atoms. The molecule has 16 atom stereocenters. The van der Waals surface area contributed by atoms with Gasteiger partial charge in [0.25, 0.3) is 0 Å². The van der Waals surface area contributed by atoms with E-state index in [1.807, 2.05) is 24.3 Å². The summed E-state index contributed by atoms with van der Waals surface area (Å²) in [6.07, 6.45) is -15.7. The molecule has 17 heteroatoms. The van der Waals surface area contributed by atoms with E-state index < -0.39 is 112 Å². The van der Waals surface area contributed by atoms with Crippen LogP contribution in [-0.2, 0) is 30.2 Å². The summed E-state index contributed by atoms with van der Waals surface area (Å²) in [5.41, 5.74) is 14.0. The summed E-state index contributed by atoms with van der Waals surface area (Å²) < 4.78 is 29.0. The van der Waals surface area contributed by atoms with Gasteiger partial charge in [0, 0.05) is 13.1 Å². The number of nitrogens with two attached hydrogens (primary N) is 2. The smallest absolute Gasteiger partial charge is 0.176 e. The van der Waals surface area contributed by atoms with E-state index in [-0.39, 0.29) is 6.54 Å². The van der Waals surface area contributed by atoms with Gasteiger partial charge in [0.15, 0.2) is 18.9 Å². The predicted octanol–water partition coefficient (Wildman–Crippen LogP) is -5.77. The molecule has 3 unspecified atom stereocenters. The Morgan fingerprint density at radius 1 is 0.739 bits per heavy atom. The summed E-state index contributed by atoms with van der Waals surface area (Å²) in [6, 6.07) is 4.31. The first-order valence-corrected chi connectivity index (χ1v) is 15.6. The van der Waals surface area contributed by atoms with Gasteiger partial charge in [0.2, 0.25) is 0 Å². The molecule has 14 N–H and O–H groups in total. The minimum absolute atomic E-state index is 0.215. The highest BCUT2D eigenvalue weighted by molar-refractivity contribution is 5.26. The Morgan fingerprint density at radius 3 is 1.98 bits per heavy atom. The van der Waals surface area contributed by atoms with Gasteiger partial charge in [-0.1, -0.05) is 24.3 Å². The predicted molar refractivity (Wildman–Crippen MR) is 156 cm³/mol. The fourth-order valence-corrected chi connectivity index (χ4v) is 6.46. The van der Waals surface area contributed by atoms with Crippen molar-refractivity contribution < 1.29 is 64.5 Å². The van der Waals surface area contributed by atoms with Crippen molar-refractivity contribution in [3.05, 3.63) is 35.4 Å². The van der Waals surface area contributed by atoms with Crippen molar-refractivity contribution in [3.8, 4) is 0 Å². The number of aliphatic hydroxyl groups excluding tert-OH is 8. The van der Waals surface area contributed by atoms with Crippen LogP contribution in [0.15, 0.2) is 24.3 Å². The zero-order valence-corrected chi connectivity index (χ0v) is 25.3. The molecule has 4 aliphatic rings. The molecule has 4 saturated heterocycles. The summed E-state index contributed by atoms with van der Waals surface area (Å²) >= 11 is 0. The highest BCUT2D eigenvalue weighted by Gasteiger charge is 2.53. The zero-order valence-electron chi connectivity index (χ0n) is 25.3. The second kappa shape index (κ2) is 15.8. The maximum absolute atomic E-state index is 11.7. The van der Waals surface area contributed by atoms with Crippen LogP contribution in [0, 0.1) is 0 Å². The fourth-order valence-electron chi connectivity index (χ4n) is 6.46. The van der Waals surface area contributed by atoms with Crippen LogP contribution in [-0.4, -0.2) is 166 Å². The second-order valence-corrected chi connectivity index (χ2v) is 12.4. The molecule has 5 rings (SSSR count). The number of hydrogen-bond acceptors (Lipinski definition) is 17. The Kier molecular flexibility index (Phi) is 12.3. The summed E-state index contributed by atoms with van der Waals surface area (Å²) in [7, 11) is 0. The van der Waals surface area contributed by atoms with E-state index in [1.165, 1.54) is 5.56 Å². The molecule has 46 heavy (non-hydrogen) atoms. The van der Waals surface area contributed by atoms with Gasteiger partial charge in [0.05, 0.1) is 37.9 Å². The molecule has 17 nitrogen and oxygen atoms in total. The minimum atomic E-state index is -1.57. The molecule has 0 aliphatic carbocycles. The lowest BCUT2D eigenvalue weighted by atomic mass is 9.93. The van der Waals surface area contributed by atoms with E-state index in [1.54, 1.807) is 0 Å². The third-order valence-electron chi connectivity index (χ3n) is 9.34. The number of aliphatic hydroxyl groups is 8. The van der Waals surface area contributed by atoms with Crippen molar-refractivity contribution in [2.75, 3.05) is 32.9 Å². The molecule has 1 aromatic rings. The van der Waals surface area contributed by atoms with Crippen LogP contribution >= 0.6 is 0 Å². The topological polar surface area (TPSA) is 284 Å². The molecule has 0 aromatic heterocycles. The molecule has 4 fully saturated rings. The summed E-state index contributed by atoms with van der Waals surface area (Å²) in [6.45, 7) is 0.106. The Labute approximate surface area is 266 Å². The summed E-state index contributed by atoms with van der Waals surface area (Å²) in [5.74, 6) is 0.425. The van der Waals surface area contributed by atoms with Gasteiger partial charge in [-0.25, -0.2) is 0 Å². The van der Waals surface area contributed by atoms with Crippen molar-refractivity contribution in [1.82, 2.24) is 10.6 Å². The van der Waals surface area contributed by atoms with Gasteiger partial charge in [-0.3, -0.25) is 0 Å². The highest BCUT2D eigenvalue weighted by atomic mass is 16.7. The van der Waals surface area contributed by atoms with Gasteiger partial charge in [-0.15, -0.1) is 0 Å². The van der Waals surface area contributed by atoms with Crippen LogP contribution < -0.4 is 22.1 Å². The van der Waals surface area contributed by atoms with Crippen LogP contribution in [0.1, 0.15) is 23.5 Å². The molecule has 0 radical (unpaired) electrons. The number of benzene rings is 1. The first-order valence-electron chi connectivity index (χ1n) is 15.6. The lowest BCUT2D eigenvalue weighted by Gasteiger charge is -2.49. The van der Waals surface area contributed by atoms with Crippen LogP contribution in [0.2, 0.25) is 0 Å². The normalized spacial score (nSPS) is 45.2. The molecule has 1 aromatic carbocycles. The van der Waals surface area contributed by atoms with Gasteiger partial charge in [-0.05, 0) is 30.0 Å². The average molecular weight is 661 g/mol. The Bertz CT molecular complexity index is 1080. The van der Waals surface area contributed by atoms with Crippen LogP contribution in [0.5, 0.6) is 0 Å². The molecular weight excluding hydrogens is 612 g/mol. The van der Waals surface area contributed by atoms with E-state index >= 15 is 0 Å². The van der Waals surface area contributed by atoms with E-state index in [0.717, 1.165) is 25.1 Å². The van der Waals surface area contributed by atoms with Gasteiger partial charge in [-0.2, -0.15) is 0 Å². The standard InChI is InChI=1S/C29H48N4O13/c30-18-23(39)25(16(10-35)42-27(18)41)46-29-20(33-7-12-1-3-13(4-2-12)14-5-6-32-8-14)24(40)26(17(11-36)44-29)45-28-19(31)22(38)21(37)15(9-34)43-28/h1-4,14-29,32-41H,5-11,30-31H2/t14?,15-,16-,17-,18-,19-,20-,21-,22-,23-,24-,25?,26?,27-,28+,29+/m1/s1. The van der Waals surface area contributed by atoms with Gasteiger partial charge in [0.1, 0.15) is 54.9 Å². The average Bonchev–Trinajstić information content (AvgIpc) is 3.61. The Hall–Kier alpha value is -1.46. The minimum Gasteiger partial charge on any atom is -0.394 e. The number of ether oxygens (including phenoxy) is 5. The summed E-state index contributed by atoms with van der Waals surface area (Å²) in [5, 5.41) is 89.5. The quantitative estimate of drug-likeness (QED) is 0.105. The van der Waals surface area contributed by atoms with Gasteiger partial charge < -0.3 is 86.6 Å². The van der Waals surface area contributed by atoms with Crippen molar-refractivity contribution >= 4 is 0 Å². The van der Waals surface area contributed by atoms with E-state index in [0.29, 0.717) is 5.92 Å². The Morgan fingerprint density at radius 2 is 1.35 bits per heavy atom. The van der Waals surface area contributed by atoms with Crippen LogP contribution in [0.4, 0.5) is 0 Å². The van der Waals surface area contributed by atoms with Gasteiger partial charge >= 0.3 is 0 Å². The third-order valence-corrected chi connectivity index (χ3v) is 9.34. The third kappa shape index (κ3) is 7.56. The van der Waals surface area contributed by atoms with Crippen molar-refractivity contribution in [2.45, 2.75) is 111 Å². The maximum Gasteiger partial charge on any atom is 0.176 e. The SMILES string of the molecule is N[C@H]1[C@H](OC2[C@@H](CO)O[C@@H](OC3[C@@H](CO)O[C@@H](O)[C@H](N)[C@H]3O)[C@H](NCc3ccc(C4CCNC4)cc3)[C@H]2O)O[C@H](CO)[C@@H](O)[C@@H]1O. The monoisotopic (exact) mass is 660 g/mol. The van der Waals surface area contributed by atoms with Crippen molar-refractivity contribution in [2.24, 2.45) is 11.5 Å². The first-order chi connectivity index (χ1) is 22.1. The molecular formula is C29H48N4O13. The summed E-state index contributed by atoms with van der Waals surface area (Å²) in [4.78, 5) is 0. The van der Waals surface area contributed by atoms with E-state index in [4.69, 9.17) is 35.2 Å². The first kappa shape index (κ1) is 35.8. The fraction of sp³-hybridized carbons (Fsp3) is 0.793. The molecule has 262 valence electrons. The lowest BCUT2D eigenvalue weighted by molar-refractivity contribution is -0.350. The molecule has 0 saturated carbocycles. The van der Waals surface area contributed by atoms with Crippen molar-refractivity contribution in [3.63, 3.8) is 0 Å². The zero-order chi connectivity index (χ0) is 33.1. The van der Waals surface area contributed by atoms with Crippen molar-refractivity contribution in [1.29, 1.82) is 0 Å². The number of rotatable bonds is 11. The molecule has 4 aliphatic heterocycles. The van der Waals surface area contributed by atoms with E-state index in [2.05, 4.69) is 10.6 Å². The molecule has 4 heterocycles. The number of hydrogen-bond donors (Lipinski definition) is 12. The highest BCUT2D eigenvalue weighted by Crippen LogP contribution is 2.32. The molecule has 0 amide bonds. The Balaban J connectivity index is 1.37. The lowest BCUT2D eigenvalue weighted by Crippen LogP contribution is -2.69. The number of nitrogens with one attached hydrogen (secondary N) is 2. The van der Waals surface area contributed by atoms with Crippen LogP contribution in [0.25, 0.3) is 0 Å². The maximum atomic E-state index is 11.7. The second-order valence-electron chi connectivity index (χ2n) is 12.4. The molecule has 0 bridgehead atoms. The largest absolute Gasteiger partial charge is 0.394 e. The van der Waals surface area contributed by atoms with E-state index in [9.17, 15) is 40.9 Å². The van der Waals surface area contributed by atoms with Crippen LogP contribution in [0.3, 0.4) is 0 Å².